The van der Waals surface area contributed by atoms with Crippen molar-refractivity contribution in [1.29, 1.82) is 0 Å². The lowest BCUT2D eigenvalue weighted by Gasteiger charge is -2.36. The number of nitrogens with zero attached hydrogens (tertiary/aromatic N) is 5. The lowest BCUT2D eigenvalue weighted by Crippen LogP contribution is -2.46. The van der Waals surface area contributed by atoms with E-state index < -0.39 is 23.6 Å². The topological polar surface area (TPSA) is 76.2 Å². The SMILES string of the molecule is C[C@H]1CN(C(=O)c2ccnn2C2CC2)Cc2cnc(C(C)(O)C(F)(F)F)n21. The molecule has 0 aromatic carbocycles. The Balaban J connectivity index is 1.63. The standard InChI is InChI=1S/C17H20F3N5O2/c1-10-8-23(14(26)13-5-6-22-25(13)11-3-4-11)9-12-7-21-15(24(10)12)16(2,27)17(18,19)20/h5-7,10-11,27H,3-4,8-9H2,1-2H3/t10-,16?/m0/s1. The first kappa shape index (κ1) is 18.0. The molecular formula is C17H20F3N5O2. The molecule has 0 radical (unpaired) electrons. The van der Waals surface area contributed by atoms with E-state index in [0.29, 0.717) is 18.3 Å². The molecule has 1 N–H and O–H groups in total. The second kappa shape index (κ2) is 5.82. The van der Waals surface area contributed by atoms with Crippen LogP contribution in [0.25, 0.3) is 0 Å². The van der Waals surface area contributed by atoms with Crippen molar-refractivity contribution in [1.82, 2.24) is 24.2 Å². The molecule has 146 valence electrons. The summed E-state index contributed by atoms with van der Waals surface area (Å²) in [6, 6.07) is 1.46. The van der Waals surface area contributed by atoms with Crippen molar-refractivity contribution in [3.63, 3.8) is 0 Å². The van der Waals surface area contributed by atoms with Gasteiger partial charge in [0.15, 0.2) is 5.82 Å². The van der Waals surface area contributed by atoms with Crippen molar-refractivity contribution in [2.24, 2.45) is 0 Å². The fraction of sp³-hybridized carbons (Fsp3) is 0.588. The molecular weight excluding hydrogens is 363 g/mol. The van der Waals surface area contributed by atoms with Gasteiger partial charge in [0.25, 0.3) is 5.91 Å². The molecule has 0 spiro atoms. The van der Waals surface area contributed by atoms with Gasteiger partial charge in [-0.1, -0.05) is 0 Å². The number of carbonyl (C=O) groups is 1. The van der Waals surface area contributed by atoms with Crippen LogP contribution in [-0.2, 0) is 12.1 Å². The van der Waals surface area contributed by atoms with E-state index in [1.807, 2.05) is 0 Å². The van der Waals surface area contributed by atoms with Gasteiger partial charge in [0, 0.05) is 12.7 Å². The molecule has 7 nitrogen and oxygen atoms in total. The molecule has 10 heteroatoms. The molecule has 2 aromatic rings. The maximum Gasteiger partial charge on any atom is 0.424 e. The van der Waals surface area contributed by atoms with Gasteiger partial charge in [-0.3, -0.25) is 9.48 Å². The number of aliphatic hydroxyl groups is 1. The summed E-state index contributed by atoms with van der Waals surface area (Å²) in [7, 11) is 0. The summed E-state index contributed by atoms with van der Waals surface area (Å²) >= 11 is 0. The minimum atomic E-state index is -4.85. The van der Waals surface area contributed by atoms with Gasteiger partial charge in [0.05, 0.1) is 30.5 Å². The number of fused-ring (bicyclic) bond motifs is 1. The number of hydrogen-bond donors (Lipinski definition) is 1. The van der Waals surface area contributed by atoms with E-state index in [9.17, 15) is 23.1 Å². The maximum absolute atomic E-state index is 13.2. The molecule has 1 fully saturated rings. The highest BCUT2D eigenvalue weighted by Gasteiger charge is 2.55. The zero-order valence-electron chi connectivity index (χ0n) is 14.9. The molecule has 1 aliphatic heterocycles. The minimum Gasteiger partial charge on any atom is -0.374 e. The lowest BCUT2D eigenvalue weighted by atomic mass is 10.0. The van der Waals surface area contributed by atoms with Gasteiger partial charge >= 0.3 is 6.18 Å². The molecule has 27 heavy (non-hydrogen) atoms. The average Bonchev–Trinajstić information content (AvgIpc) is 3.14. The van der Waals surface area contributed by atoms with E-state index in [1.54, 1.807) is 28.8 Å². The van der Waals surface area contributed by atoms with Crippen LogP contribution in [0.3, 0.4) is 0 Å². The van der Waals surface area contributed by atoms with Gasteiger partial charge in [-0.15, -0.1) is 0 Å². The van der Waals surface area contributed by atoms with Gasteiger partial charge in [0.2, 0.25) is 5.60 Å². The quantitative estimate of drug-likeness (QED) is 0.883. The maximum atomic E-state index is 13.2. The lowest BCUT2D eigenvalue weighted by molar-refractivity contribution is -0.263. The average molecular weight is 383 g/mol. The Kier molecular flexibility index (Phi) is 3.88. The van der Waals surface area contributed by atoms with E-state index in [-0.39, 0.29) is 25.0 Å². The normalized spacial score (nSPS) is 22.4. The molecule has 2 aliphatic rings. The van der Waals surface area contributed by atoms with Crippen molar-refractivity contribution in [2.75, 3.05) is 6.54 Å². The number of halogens is 3. The van der Waals surface area contributed by atoms with Crippen LogP contribution < -0.4 is 0 Å². The molecule has 2 atom stereocenters. The van der Waals surface area contributed by atoms with Crippen molar-refractivity contribution < 1.29 is 23.1 Å². The molecule has 0 saturated heterocycles. The van der Waals surface area contributed by atoms with Gasteiger partial charge in [-0.05, 0) is 32.8 Å². The van der Waals surface area contributed by atoms with Crippen LogP contribution in [-0.4, -0.2) is 48.0 Å². The van der Waals surface area contributed by atoms with E-state index in [2.05, 4.69) is 10.1 Å². The van der Waals surface area contributed by atoms with Crippen LogP contribution in [0.15, 0.2) is 18.5 Å². The monoisotopic (exact) mass is 383 g/mol. The number of alkyl halides is 3. The fourth-order valence-corrected chi connectivity index (χ4v) is 3.56. The summed E-state index contributed by atoms with van der Waals surface area (Å²) in [6.07, 6.45) is 0.00603. The summed E-state index contributed by atoms with van der Waals surface area (Å²) in [5, 5.41) is 14.2. The fourth-order valence-electron chi connectivity index (χ4n) is 3.56. The Morgan fingerprint density at radius 2 is 2.04 bits per heavy atom. The largest absolute Gasteiger partial charge is 0.424 e. The van der Waals surface area contributed by atoms with E-state index in [1.165, 1.54) is 10.8 Å². The summed E-state index contributed by atoms with van der Waals surface area (Å²) in [5.41, 5.74) is -2.12. The summed E-state index contributed by atoms with van der Waals surface area (Å²) in [4.78, 5) is 18.4. The smallest absolute Gasteiger partial charge is 0.374 e. The van der Waals surface area contributed by atoms with Crippen LogP contribution in [0.1, 0.15) is 60.8 Å². The Hall–Kier alpha value is -2.36. The zero-order valence-corrected chi connectivity index (χ0v) is 14.9. The number of amides is 1. The molecule has 1 aliphatic carbocycles. The Bertz CT molecular complexity index is 882. The van der Waals surface area contributed by atoms with Crippen molar-refractivity contribution >= 4 is 5.91 Å². The predicted octanol–water partition coefficient (Wildman–Crippen LogP) is 2.40. The highest BCUT2D eigenvalue weighted by Crippen LogP contribution is 2.40. The third kappa shape index (κ3) is 2.82. The number of aromatic nitrogens is 4. The van der Waals surface area contributed by atoms with Gasteiger partial charge < -0.3 is 14.6 Å². The van der Waals surface area contributed by atoms with Crippen molar-refractivity contribution in [3.05, 3.63) is 35.7 Å². The first-order chi connectivity index (χ1) is 12.6. The summed E-state index contributed by atoms with van der Waals surface area (Å²) in [5.74, 6) is -0.657. The minimum absolute atomic E-state index is 0.125. The number of hydrogen-bond acceptors (Lipinski definition) is 4. The predicted molar refractivity (Wildman–Crippen MR) is 87.8 cm³/mol. The van der Waals surface area contributed by atoms with E-state index in [4.69, 9.17) is 0 Å². The van der Waals surface area contributed by atoms with Crippen molar-refractivity contribution in [3.8, 4) is 0 Å². The first-order valence-electron chi connectivity index (χ1n) is 8.79. The van der Waals surface area contributed by atoms with Crippen LogP contribution in [0.5, 0.6) is 0 Å². The van der Waals surface area contributed by atoms with Crippen LogP contribution >= 0.6 is 0 Å². The van der Waals surface area contributed by atoms with E-state index >= 15 is 0 Å². The third-order valence-electron chi connectivity index (χ3n) is 5.21. The number of rotatable bonds is 3. The van der Waals surface area contributed by atoms with Gasteiger partial charge in [0.1, 0.15) is 5.69 Å². The van der Waals surface area contributed by atoms with E-state index in [0.717, 1.165) is 12.8 Å². The molecule has 3 heterocycles. The molecule has 1 unspecified atom stereocenters. The number of imidazole rings is 1. The highest BCUT2D eigenvalue weighted by atomic mass is 19.4. The second-order valence-corrected chi connectivity index (χ2v) is 7.44. The Morgan fingerprint density at radius 1 is 1.33 bits per heavy atom. The van der Waals surface area contributed by atoms with Gasteiger partial charge in [-0.25, -0.2) is 4.98 Å². The molecule has 4 rings (SSSR count). The second-order valence-electron chi connectivity index (χ2n) is 7.44. The first-order valence-corrected chi connectivity index (χ1v) is 8.79. The Labute approximate surface area is 153 Å². The molecule has 1 saturated carbocycles. The Morgan fingerprint density at radius 3 is 2.67 bits per heavy atom. The number of carbonyl (C=O) groups excluding carboxylic acids is 1. The summed E-state index contributed by atoms with van der Waals surface area (Å²) < 4.78 is 42.8. The molecule has 1 amide bonds. The van der Waals surface area contributed by atoms with Crippen LogP contribution in [0.2, 0.25) is 0 Å². The molecule has 0 bridgehead atoms. The van der Waals surface area contributed by atoms with Crippen molar-refractivity contribution in [2.45, 2.75) is 57.1 Å². The van der Waals surface area contributed by atoms with Crippen LogP contribution in [0, 0.1) is 0 Å². The zero-order chi connectivity index (χ0) is 19.6. The molecule has 2 aromatic heterocycles. The highest BCUT2D eigenvalue weighted by molar-refractivity contribution is 5.92. The third-order valence-corrected chi connectivity index (χ3v) is 5.21. The van der Waals surface area contributed by atoms with Gasteiger partial charge in [-0.2, -0.15) is 18.3 Å². The van der Waals surface area contributed by atoms with Crippen LogP contribution in [0.4, 0.5) is 13.2 Å². The summed E-state index contributed by atoms with van der Waals surface area (Å²) in [6.45, 7) is 2.75.